The van der Waals surface area contributed by atoms with E-state index in [9.17, 15) is 4.79 Å². The lowest BCUT2D eigenvalue weighted by Crippen LogP contribution is -2.09. The van der Waals surface area contributed by atoms with Gasteiger partial charge in [-0.15, -0.1) is 23.2 Å². The summed E-state index contributed by atoms with van der Waals surface area (Å²) in [7, 11) is 0. The third-order valence-corrected chi connectivity index (χ3v) is 4.32. The number of benzene rings is 1. The van der Waals surface area contributed by atoms with Crippen molar-refractivity contribution in [2.75, 3.05) is 6.61 Å². The highest BCUT2D eigenvalue weighted by atomic mass is 35.5. The number of aromatic nitrogens is 2. The Morgan fingerprint density at radius 2 is 2.09 bits per heavy atom. The van der Waals surface area contributed by atoms with Crippen molar-refractivity contribution in [3.63, 3.8) is 0 Å². The van der Waals surface area contributed by atoms with Crippen molar-refractivity contribution in [1.29, 1.82) is 0 Å². The lowest BCUT2D eigenvalue weighted by atomic mass is 10.2. The summed E-state index contributed by atoms with van der Waals surface area (Å²) in [5, 5.41) is 3.73. The maximum Gasteiger partial charge on any atom is 0.338 e. The molecule has 1 atom stereocenters. The second kappa shape index (κ2) is 6.37. The predicted octanol–water partition coefficient (Wildman–Crippen LogP) is 3.31. The summed E-state index contributed by atoms with van der Waals surface area (Å²) in [6.45, 7) is 2.12. The molecule has 23 heavy (non-hydrogen) atoms. The number of halogens is 2. The molecule has 8 heteroatoms. The molecule has 1 aromatic heterocycles. The van der Waals surface area contributed by atoms with Gasteiger partial charge in [0, 0.05) is 12.8 Å². The fourth-order valence-electron chi connectivity index (χ4n) is 1.95. The molecule has 122 valence electrons. The van der Waals surface area contributed by atoms with E-state index < -0.39 is 10.3 Å². The Labute approximate surface area is 142 Å². The molecule has 1 unspecified atom stereocenters. The average Bonchev–Trinajstić information content (AvgIpc) is 2.92. The molecular formula is C15H14Cl2N2O4. The second-order valence-corrected chi connectivity index (χ2v) is 6.85. The first kappa shape index (κ1) is 16.1. The van der Waals surface area contributed by atoms with Crippen LogP contribution in [-0.2, 0) is 11.3 Å². The van der Waals surface area contributed by atoms with E-state index in [1.165, 1.54) is 0 Å². The van der Waals surface area contributed by atoms with Gasteiger partial charge in [-0.05, 0) is 30.7 Å². The van der Waals surface area contributed by atoms with Crippen LogP contribution in [0.4, 0.5) is 0 Å². The molecule has 1 heterocycles. The van der Waals surface area contributed by atoms with Crippen LogP contribution in [0.5, 0.6) is 5.75 Å². The van der Waals surface area contributed by atoms with Crippen molar-refractivity contribution in [3.05, 3.63) is 41.5 Å². The number of alkyl halides is 2. The Balaban J connectivity index is 1.49. The summed E-state index contributed by atoms with van der Waals surface area (Å²) in [6, 6.07) is 6.60. The molecule has 1 saturated carbocycles. The number of rotatable bonds is 6. The zero-order chi connectivity index (χ0) is 16.4. The summed E-state index contributed by atoms with van der Waals surface area (Å²) >= 11 is 11.8. The third-order valence-electron chi connectivity index (χ3n) is 3.40. The molecule has 0 bridgehead atoms. The smallest absolute Gasteiger partial charge is 0.338 e. The van der Waals surface area contributed by atoms with Crippen molar-refractivity contribution >= 4 is 29.2 Å². The van der Waals surface area contributed by atoms with Gasteiger partial charge in [-0.3, -0.25) is 0 Å². The first-order chi connectivity index (χ1) is 10.9. The van der Waals surface area contributed by atoms with Gasteiger partial charge in [0.1, 0.15) is 10.1 Å². The van der Waals surface area contributed by atoms with E-state index in [1.54, 1.807) is 31.2 Å². The normalized spacial score (nSPS) is 18.5. The lowest BCUT2D eigenvalue weighted by Gasteiger charge is -2.06. The molecule has 0 amide bonds. The van der Waals surface area contributed by atoms with Gasteiger partial charge in [-0.25, -0.2) is 4.79 Å². The standard InChI is InChI=1S/C15H14Cl2N2O4/c1-9-18-13(19-23-9)8-21-12-4-2-10(3-5-12)14(20)22-7-11-6-15(11,16)17/h2-5,11H,6-8H2,1H3. The van der Waals surface area contributed by atoms with Crippen LogP contribution in [0.1, 0.15) is 28.5 Å². The van der Waals surface area contributed by atoms with Gasteiger partial charge in [-0.2, -0.15) is 4.98 Å². The molecule has 2 aromatic rings. The Kier molecular flexibility index (Phi) is 4.46. The van der Waals surface area contributed by atoms with E-state index in [0.29, 0.717) is 29.4 Å². The monoisotopic (exact) mass is 356 g/mol. The lowest BCUT2D eigenvalue weighted by molar-refractivity contribution is 0.0485. The van der Waals surface area contributed by atoms with Crippen molar-refractivity contribution in [3.8, 4) is 5.75 Å². The Morgan fingerprint density at radius 1 is 1.39 bits per heavy atom. The largest absolute Gasteiger partial charge is 0.485 e. The highest BCUT2D eigenvalue weighted by Crippen LogP contribution is 2.53. The summed E-state index contributed by atoms with van der Waals surface area (Å²) < 4.78 is 14.8. The second-order valence-electron chi connectivity index (χ2n) is 5.30. The summed E-state index contributed by atoms with van der Waals surface area (Å²) in [5.74, 6) is 1.13. The number of nitrogens with zero attached hydrogens (tertiary/aromatic N) is 2. The van der Waals surface area contributed by atoms with Gasteiger partial charge in [0.15, 0.2) is 6.61 Å². The fraction of sp³-hybridized carbons (Fsp3) is 0.400. The maximum absolute atomic E-state index is 11.9. The molecule has 0 aliphatic heterocycles. The first-order valence-corrected chi connectivity index (χ1v) is 7.76. The highest BCUT2D eigenvalue weighted by Gasteiger charge is 2.52. The zero-order valence-corrected chi connectivity index (χ0v) is 13.8. The molecule has 0 radical (unpaired) electrons. The van der Waals surface area contributed by atoms with E-state index in [2.05, 4.69) is 10.1 Å². The summed E-state index contributed by atoms with van der Waals surface area (Å²) in [4.78, 5) is 15.9. The van der Waals surface area contributed by atoms with Crippen LogP contribution in [-0.4, -0.2) is 27.1 Å². The zero-order valence-electron chi connectivity index (χ0n) is 12.3. The molecule has 1 aliphatic rings. The molecule has 0 N–H and O–H groups in total. The SMILES string of the molecule is Cc1nc(COc2ccc(C(=O)OCC3CC3(Cl)Cl)cc2)no1. The van der Waals surface area contributed by atoms with E-state index in [4.69, 9.17) is 37.2 Å². The van der Waals surface area contributed by atoms with E-state index in [0.717, 1.165) is 0 Å². The molecule has 6 nitrogen and oxygen atoms in total. The summed E-state index contributed by atoms with van der Waals surface area (Å²) in [5.41, 5.74) is 0.433. The average molecular weight is 357 g/mol. The van der Waals surface area contributed by atoms with Crippen LogP contribution in [0.25, 0.3) is 0 Å². The van der Waals surface area contributed by atoms with E-state index >= 15 is 0 Å². The first-order valence-electron chi connectivity index (χ1n) is 7.01. The van der Waals surface area contributed by atoms with Gasteiger partial charge >= 0.3 is 5.97 Å². The van der Waals surface area contributed by atoms with Gasteiger partial charge < -0.3 is 14.0 Å². The minimum absolute atomic E-state index is 0.0100. The van der Waals surface area contributed by atoms with Crippen molar-refractivity contribution in [2.45, 2.75) is 24.3 Å². The number of hydrogen-bond acceptors (Lipinski definition) is 6. The number of carbonyl (C=O) groups is 1. The van der Waals surface area contributed by atoms with Crippen LogP contribution < -0.4 is 4.74 Å². The van der Waals surface area contributed by atoms with Gasteiger partial charge in [0.05, 0.1) is 12.2 Å². The highest BCUT2D eigenvalue weighted by molar-refractivity contribution is 6.50. The minimum Gasteiger partial charge on any atom is -0.485 e. The molecule has 0 spiro atoms. The van der Waals surface area contributed by atoms with E-state index in [-0.39, 0.29) is 19.1 Å². The molecule has 1 fully saturated rings. The van der Waals surface area contributed by atoms with E-state index in [1.807, 2.05) is 0 Å². The van der Waals surface area contributed by atoms with Gasteiger partial charge in [0.2, 0.25) is 11.7 Å². The van der Waals surface area contributed by atoms with Crippen LogP contribution in [0.2, 0.25) is 0 Å². The number of esters is 1. The number of carbonyl (C=O) groups excluding carboxylic acids is 1. The Morgan fingerprint density at radius 3 is 2.65 bits per heavy atom. The maximum atomic E-state index is 11.9. The molecular weight excluding hydrogens is 343 g/mol. The van der Waals surface area contributed by atoms with Crippen LogP contribution >= 0.6 is 23.2 Å². The van der Waals surface area contributed by atoms with Crippen LogP contribution in [0.3, 0.4) is 0 Å². The topological polar surface area (TPSA) is 74.5 Å². The fourth-order valence-corrected chi connectivity index (χ4v) is 2.44. The molecule has 3 rings (SSSR count). The van der Waals surface area contributed by atoms with Crippen molar-refractivity contribution < 1.29 is 18.8 Å². The van der Waals surface area contributed by atoms with Crippen molar-refractivity contribution in [1.82, 2.24) is 10.1 Å². The number of aryl methyl sites for hydroxylation is 1. The van der Waals surface area contributed by atoms with Crippen molar-refractivity contribution in [2.24, 2.45) is 5.92 Å². The van der Waals surface area contributed by atoms with Gasteiger partial charge in [-0.1, -0.05) is 5.16 Å². The molecule has 0 saturated heterocycles. The molecule has 1 aliphatic carbocycles. The number of ether oxygens (including phenoxy) is 2. The van der Waals surface area contributed by atoms with Crippen LogP contribution in [0, 0.1) is 12.8 Å². The van der Waals surface area contributed by atoms with Gasteiger partial charge in [0.25, 0.3) is 0 Å². The van der Waals surface area contributed by atoms with Crippen LogP contribution in [0.15, 0.2) is 28.8 Å². The predicted molar refractivity (Wildman–Crippen MR) is 82.6 cm³/mol. The number of hydrogen-bond donors (Lipinski definition) is 0. The summed E-state index contributed by atoms with van der Waals surface area (Å²) in [6.07, 6.45) is 0.645. The minimum atomic E-state index is -0.745. The quantitative estimate of drug-likeness (QED) is 0.583. The Bertz CT molecular complexity index is 700. The molecule has 1 aromatic carbocycles. The Hall–Kier alpha value is -1.79. The third kappa shape index (κ3) is 4.14.